The van der Waals surface area contributed by atoms with E-state index in [9.17, 15) is 9.59 Å². The van der Waals surface area contributed by atoms with Gasteiger partial charge in [-0.25, -0.2) is 0 Å². The van der Waals surface area contributed by atoms with Crippen molar-refractivity contribution in [2.45, 2.75) is 12.5 Å². The first kappa shape index (κ1) is 14.9. The minimum Gasteiger partial charge on any atom is -0.481 e. The van der Waals surface area contributed by atoms with Gasteiger partial charge in [0, 0.05) is 13.7 Å². The summed E-state index contributed by atoms with van der Waals surface area (Å²) in [6.07, 6.45) is -0.107. The highest BCUT2D eigenvalue weighted by Crippen LogP contribution is 2.11. The lowest BCUT2D eigenvalue weighted by atomic mass is 10.1. The number of amides is 1. The molecule has 7 heteroatoms. The van der Waals surface area contributed by atoms with Crippen molar-refractivity contribution in [1.29, 1.82) is 0 Å². The van der Waals surface area contributed by atoms with Gasteiger partial charge in [-0.2, -0.15) is 0 Å². The first-order chi connectivity index (χ1) is 8.65. The van der Waals surface area contributed by atoms with Crippen LogP contribution in [0.2, 0.25) is 0 Å². The minimum absolute atomic E-state index is 0.0561. The zero-order valence-electron chi connectivity index (χ0n) is 10.5. The summed E-state index contributed by atoms with van der Waals surface area (Å²) in [7, 11) is 1.55. The van der Waals surface area contributed by atoms with Gasteiger partial charge in [0.1, 0.15) is 6.61 Å². The molecular weight excluding hydrogens is 242 g/mol. The predicted octanol–water partition coefficient (Wildman–Crippen LogP) is -0.648. The highest BCUT2D eigenvalue weighted by atomic mass is 16.5. The fourth-order valence-electron chi connectivity index (χ4n) is 1.74. The number of carbonyl (C=O) groups excluding carboxylic acids is 1. The molecule has 1 heterocycles. The Hall–Kier alpha value is -1.18. The number of carbonyl (C=O) groups is 2. The van der Waals surface area contributed by atoms with Crippen LogP contribution in [0.1, 0.15) is 6.42 Å². The maximum Gasteiger partial charge on any atom is 0.305 e. The van der Waals surface area contributed by atoms with E-state index < -0.39 is 12.0 Å². The normalized spacial score (nSPS) is 19.8. The highest BCUT2D eigenvalue weighted by Gasteiger charge is 2.28. The molecule has 18 heavy (non-hydrogen) atoms. The molecule has 1 saturated heterocycles. The van der Waals surface area contributed by atoms with Crippen molar-refractivity contribution in [2.24, 2.45) is 0 Å². The van der Waals surface area contributed by atoms with Crippen LogP contribution in [0.25, 0.3) is 0 Å². The van der Waals surface area contributed by atoms with Crippen molar-refractivity contribution >= 4 is 11.9 Å². The number of methoxy groups -OCH3 is 1. The first-order valence-electron chi connectivity index (χ1n) is 5.81. The topological polar surface area (TPSA) is 85.3 Å². The molecule has 1 amide bonds. The number of ether oxygens (including phenoxy) is 3. The number of carboxylic acid groups (broad SMARTS) is 1. The molecular formula is C11H19NO6. The molecule has 0 aromatic rings. The maximum atomic E-state index is 11.9. The van der Waals surface area contributed by atoms with E-state index >= 15 is 0 Å². The zero-order valence-corrected chi connectivity index (χ0v) is 10.5. The first-order valence-corrected chi connectivity index (χ1v) is 5.81. The molecule has 0 saturated carbocycles. The average Bonchev–Trinajstić information content (AvgIpc) is 2.34. The fourth-order valence-corrected chi connectivity index (χ4v) is 1.74. The smallest absolute Gasteiger partial charge is 0.305 e. The Morgan fingerprint density at radius 2 is 2.22 bits per heavy atom. The maximum absolute atomic E-state index is 11.9. The van der Waals surface area contributed by atoms with Crippen LogP contribution in [0.4, 0.5) is 0 Å². The molecule has 0 aromatic heterocycles. The summed E-state index contributed by atoms with van der Waals surface area (Å²) in [5, 5.41) is 8.77. The second kappa shape index (κ2) is 8.02. The third-order valence-corrected chi connectivity index (χ3v) is 2.62. The van der Waals surface area contributed by atoms with Crippen LogP contribution in [0.3, 0.4) is 0 Å². The SMILES string of the molecule is COCCOCC(=O)N1CCOCC1CC(=O)O. The van der Waals surface area contributed by atoms with Gasteiger partial charge in [0.15, 0.2) is 0 Å². The lowest BCUT2D eigenvalue weighted by Gasteiger charge is -2.34. The Bertz CT molecular complexity index is 283. The number of hydrogen-bond donors (Lipinski definition) is 1. The van der Waals surface area contributed by atoms with Crippen LogP contribution in [-0.2, 0) is 23.8 Å². The zero-order chi connectivity index (χ0) is 13.4. The van der Waals surface area contributed by atoms with Gasteiger partial charge in [-0.1, -0.05) is 0 Å². The molecule has 1 aliphatic heterocycles. The largest absolute Gasteiger partial charge is 0.481 e. The summed E-state index contributed by atoms with van der Waals surface area (Å²) in [6.45, 7) is 1.81. The van der Waals surface area contributed by atoms with Gasteiger partial charge in [-0.05, 0) is 0 Å². The molecule has 7 nitrogen and oxygen atoms in total. The lowest BCUT2D eigenvalue weighted by Crippen LogP contribution is -2.50. The van der Waals surface area contributed by atoms with Crippen LogP contribution < -0.4 is 0 Å². The van der Waals surface area contributed by atoms with Crippen molar-refractivity contribution in [2.75, 3.05) is 46.7 Å². The summed E-state index contributed by atoms with van der Waals surface area (Å²) in [6, 6.07) is -0.408. The molecule has 104 valence electrons. The van der Waals surface area contributed by atoms with Gasteiger partial charge in [0.2, 0.25) is 5.91 Å². The molecule has 1 rings (SSSR count). The molecule has 0 aromatic carbocycles. The Kier molecular flexibility index (Phi) is 6.63. The molecule has 1 aliphatic rings. The monoisotopic (exact) mass is 261 g/mol. The van der Waals surface area contributed by atoms with Crippen LogP contribution in [0.5, 0.6) is 0 Å². The van der Waals surface area contributed by atoms with Crippen molar-refractivity contribution in [3.63, 3.8) is 0 Å². The van der Waals surface area contributed by atoms with E-state index in [0.717, 1.165) is 0 Å². The van der Waals surface area contributed by atoms with Crippen LogP contribution in [-0.4, -0.2) is 74.6 Å². The summed E-state index contributed by atoms with van der Waals surface area (Å²) in [5.74, 6) is -1.15. The summed E-state index contributed by atoms with van der Waals surface area (Å²) < 4.78 is 15.1. The average molecular weight is 261 g/mol. The highest BCUT2D eigenvalue weighted by molar-refractivity contribution is 5.79. The summed E-state index contributed by atoms with van der Waals surface area (Å²) >= 11 is 0. The summed E-state index contributed by atoms with van der Waals surface area (Å²) in [4.78, 5) is 24.1. The molecule has 1 atom stereocenters. The van der Waals surface area contributed by atoms with Crippen molar-refractivity contribution in [3.8, 4) is 0 Å². The van der Waals surface area contributed by atoms with E-state index in [1.54, 1.807) is 7.11 Å². The molecule has 1 N–H and O–H groups in total. The van der Waals surface area contributed by atoms with E-state index in [2.05, 4.69) is 0 Å². The molecule has 0 aliphatic carbocycles. The predicted molar refractivity (Wildman–Crippen MR) is 61.3 cm³/mol. The Morgan fingerprint density at radius 1 is 1.44 bits per heavy atom. The third kappa shape index (κ3) is 4.99. The van der Waals surface area contributed by atoms with E-state index in [1.807, 2.05) is 0 Å². The van der Waals surface area contributed by atoms with Gasteiger partial charge in [0.05, 0.1) is 38.9 Å². The number of morpholine rings is 1. The molecule has 1 fully saturated rings. The summed E-state index contributed by atoms with van der Waals surface area (Å²) in [5.41, 5.74) is 0. The van der Waals surface area contributed by atoms with Gasteiger partial charge < -0.3 is 24.2 Å². The van der Waals surface area contributed by atoms with E-state index in [0.29, 0.717) is 26.4 Å². The Labute approximate surface area is 106 Å². The van der Waals surface area contributed by atoms with E-state index in [-0.39, 0.29) is 25.5 Å². The second-order valence-corrected chi connectivity index (χ2v) is 3.96. The minimum atomic E-state index is -0.941. The molecule has 0 radical (unpaired) electrons. The molecule has 0 spiro atoms. The number of nitrogens with zero attached hydrogens (tertiary/aromatic N) is 1. The van der Waals surface area contributed by atoms with Crippen molar-refractivity contribution < 1.29 is 28.9 Å². The van der Waals surface area contributed by atoms with Gasteiger partial charge in [0.25, 0.3) is 0 Å². The number of rotatable bonds is 7. The lowest BCUT2D eigenvalue weighted by molar-refractivity contribution is -0.149. The Balaban J connectivity index is 2.39. The van der Waals surface area contributed by atoms with Crippen LogP contribution >= 0.6 is 0 Å². The van der Waals surface area contributed by atoms with E-state index in [1.165, 1.54) is 4.90 Å². The number of carboxylic acids is 1. The van der Waals surface area contributed by atoms with Gasteiger partial charge in [-0.15, -0.1) is 0 Å². The van der Waals surface area contributed by atoms with Gasteiger partial charge in [-0.3, -0.25) is 9.59 Å². The van der Waals surface area contributed by atoms with E-state index in [4.69, 9.17) is 19.3 Å². The quantitative estimate of drug-likeness (QED) is 0.613. The van der Waals surface area contributed by atoms with Crippen molar-refractivity contribution in [3.05, 3.63) is 0 Å². The number of hydrogen-bond acceptors (Lipinski definition) is 5. The third-order valence-electron chi connectivity index (χ3n) is 2.62. The van der Waals surface area contributed by atoms with Crippen molar-refractivity contribution in [1.82, 2.24) is 4.90 Å². The standard InChI is InChI=1S/C11H19NO6/c1-16-4-5-18-8-10(13)12-2-3-17-7-9(12)6-11(14)15/h9H,2-8H2,1H3,(H,14,15). The van der Waals surface area contributed by atoms with Crippen LogP contribution in [0.15, 0.2) is 0 Å². The fraction of sp³-hybridized carbons (Fsp3) is 0.818. The van der Waals surface area contributed by atoms with Gasteiger partial charge >= 0.3 is 5.97 Å². The van der Waals surface area contributed by atoms with Crippen LogP contribution in [0, 0.1) is 0 Å². The number of aliphatic carboxylic acids is 1. The Morgan fingerprint density at radius 3 is 2.89 bits per heavy atom. The second-order valence-electron chi connectivity index (χ2n) is 3.96. The molecule has 1 unspecified atom stereocenters. The molecule has 0 bridgehead atoms.